The molecule has 0 bridgehead atoms. The Balaban J connectivity index is 2.03. The molecule has 5 nitrogen and oxygen atoms in total. The Morgan fingerprint density at radius 1 is 1.35 bits per heavy atom. The highest BCUT2D eigenvalue weighted by Gasteiger charge is 2.31. The van der Waals surface area contributed by atoms with Crippen LogP contribution in [0.25, 0.3) is 0 Å². The molecule has 20 heavy (non-hydrogen) atoms. The van der Waals surface area contributed by atoms with Gasteiger partial charge >= 0.3 is 6.18 Å². The zero-order valence-corrected chi connectivity index (χ0v) is 10.8. The molecule has 0 aliphatic carbocycles. The molecule has 0 aliphatic heterocycles. The Labute approximate surface area is 113 Å². The van der Waals surface area contributed by atoms with E-state index in [1.807, 2.05) is 11.6 Å². The van der Waals surface area contributed by atoms with Gasteiger partial charge in [-0.05, 0) is 12.1 Å². The molecule has 0 aliphatic rings. The second kappa shape index (κ2) is 5.40. The summed E-state index contributed by atoms with van der Waals surface area (Å²) in [6.07, 6.45) is -0.403. The van der Waals surface area contributed by atoms with Crippen molar-refractivity contribution in [2.24, 2.45) is 7.05 Å². The fourth-order valence-corrected chi connectivity index (χ4v) is 1.75. The van der Waals surface area contributed by atoms with E-state index in [1.165, 1.54) is 0 Å². The standard InChI is InChI=1S/C12H14F3N5/c1-20-5-4-18-11(20)2-3-17-10-7-8(12(13,14)15)6-9(16)19-10/h4-7H,2-3H2,1H3,(H3,16,17,19). The molecule has 0 saturated carbocycles. The van der Waals surface area contributed by atoms with Crippen molar-refractivity contribution in [1.82, 2.24) is 14.5 Å². The minimum absolute atomic E-state index is 0.103. The van der Waals surface area contributed by atoms with Crippen LogP contribution in [0, 0.1) is 0 Å². The van der Waals surface area contributed by atoms with Gasteiger partial charge in [-0.15, -0.1) is 0 Å². The third-order valence-corrected chi connectivity index (χ3v) is 2.75. The van der Waals surface area contributed by atoms with E-state index >= 15 is 0 Å². The minimum atomic E-state index is -4.44. The molecule has 0 spiro atoms. The van der Waals surface area contributed by atoms with Gasteiger partial charge in [-0.2, -0.15) is 13.2 Å². The van der Waals surface area contributed by atoms with Crippen molar-refractivity contribution in [3.05, 3.63) is 35.9 Å². The van der Waals surface area contributed by atoms with Crippen LogP contribution in [0.15, 0.2) is 24.5 Å². The number of nitrogens with one attached hydrogen (secondary N) is 1. The predicted molar refractivity (Wildman–Crippen MR) is 69.1 cm³/mol. The predicted octanol–water partition coefficient (Wildman–Crippen LogP) is 2.07. The first kappa shape index (κ1) is 14.2. The molecule has 2 heterocycles. The Hall–Kier alpha value is -2.25. The first-order valence-corrected chi connectivity index (χ1v) is 5.91. The number of halogens is 3. The minimum Gasteiger partial charge on any atom is -0.384 e. The van der Waals surface area contributed by atoms with Gasteiger partial charge in [0.2, 0.25) is 0 Å². The van der Waals surface area contributed by atoms with Gasteiger partial charge in [0, 0.05) is 32.4 Å². The molecule has 0 radical (unpaired) electrons. The van der Waals surface area contributed by atoms with E-state index in [1.54, 1.807) is 12.4 Å². The van der Waals surface area contributed by atoms with E-state index in [0.717, 1.165) is 18.0 Å². The number of nitrogens with zero attached hydrogens (tertiary/aromatic N) is 3. The van der Waals surface area contributed by atoms with Crippen molar-refractivity contribution in [3.63, 3.8) is 0 Å². The van der Waals surface area contributed by atoms with Crippen LogP contribution in [0.4, 0.5) is 24.8 Å². The number of alkyl halides is 3. The summed E-state index contributed by atoms with van der Waals surface area (Å²) in [6.45, 7) is 0.415. The Bertz CT molecular complexity index is 591. The Kier molecular flexibility index (Phi) is 3.82. The number of aromatic nitrogens is 3. The lowest BCUT2D eigenvalue weighted by atomic mass is 10.2. The van der Waals surface area contributed by atoms with Crippen molar-refractivity contribution < 1.29 is 13.2 Å². The maximum atomic E-state index is 12.6. The van der Waals surface area contributed by atoms with Gasteiger partial charge < -0.3 is 15.6 Å². The zero-order chi connectivity index (χ0) is 14.8. The van der Waals surface area contributed by atoms with Crippen molar-refractivity contribution >= 4 is 11.6 Å². The number of hydrogen-bond donors (Lipinski definition) is 2. The quantitative estimate of drug-likeness (QED) is 0.902. The van der Waals surface area contributed by atoms with Crippen molar-refractivity contribution in [1.29, 1.82) is 0 Å². The van der Waals surface area contributed by atoms with Gasteiger partial charge in [0.05, 0.1) is 5.56 Å². The molecule has 0 unspecified atom stereocenters. The number of nitrogen functional groups attached to an aromatic ring is 1. The van der Waals surface area contributed by atoms with Gasteiger partial charge in [-0.3, -0.25) is 0 Å². The fraction of sp³-hybridized carbons (Fsp3) is 0.333. The van der Waals surface area contributed by atoms with E-state index < -0.39 is 11.7 Å². The first-order chi connectivity index (χ1) is 9.36. The van der Waals surface area contributed by atoms with Crippen molar-refractivity contribution in [2.75, 3.05) is 17.6 Å². The Morgan fingerprint density at radius 3 is 2.70 bits per heavy atom. The number of imidazole rings is 1. The summed E-state index contributed by atoms with van der Waals surface area (Å²) in [4.78, 5) is 7.95. The van der Waals surface area contributed by atoms with Crippen LogP contribution in [0.5, 0.6) is 0 Å². The molecule has 2 aromatic heterocycles. The second-order valence-electron chi connectivity index (χ2n) is 4.29. The number of pyridine rings is 1. The summed E-state index contributed by atoms with van der Waals surface area (Å²) < 4.78 is 39.7. The van der Waals surface area contributed by atoms with Gasteiger partial charge in [-0.25, -0.2) is 9.97 Å². The third kappa shape index (κ3) is 3.40. The summed E-state index contributed by atoms with van der Waals surface area (Å²) in [6, 6.07) is 1.75. The summed E-state index contributed by atoms with van der Waals surface area (Å²) in [7, 11) is 1.85. The number of nitrogens with two attached hydrogens (primary N) is 1. The average molecular weight is 285 g/mol. The molecule has 2 aromatic rings. The zero-order valence-electron chi connectivity index (χ0n) is 10.8. The second-order valence-corrected chi connectivity index (χ2v) is 4.29. The van der Waals surface area contributed by atoms with Gasteiger partial charge in [0.25, 0.3) is 0 Å². The molecule has 3 N–H and O–H groups in total. The molecule has 108 valence electrons. The number of rotatable bonds is 4. The molecule has 0 amide bonds. The van der Waals surface area contributed by atoms with Crippen molar-refractivity contribution in [2.45, 2.75) is 12.6 Å². The fourth-order valence-electron chi connectivity index (χ4n) is 1.75. The van der Waals surface area contributed by atoms with Gasteiger partial charge in [-0.1, -0.05) is 0 Å². The van der Waals surface area contributed by atoms with Gasteiger partial charge in [0.1, 0.15) is 17.5 Å². The number of anilines is 2. The number of hydrogen-bond acceptors (Lipinski definition) is 4. The van der Waals surface area contributed by atoms with E-state index in [0.29, 0.717) is 13.0 Å². The lowest BCUT2D eigenvalue weighted by Crippen LogP contribution is -2.12. The van der Waals surface area contributed by atoms with Gasteiger partial charge in [0.15, 0.2) is 0 Å². The largest absolute Gasteiger partial charge is 0.416 e. The average Bonchev–Trinajstić information content (AvgIpc) is 2.73. The molecular formula is C12H14F3N5. The molecule has 0 aromatic carbocycles. The molecular weight excluding hydrogens is 271 g/mol. The maximum absolute atomic E-state index is 12.6. The van der Waals surface area contributed by atoms with Crippen LogP contribution in [0.2, 0.25) is 0 Å². The summed E-state index contributed by atoms with van der Waals surface area (Å²) >= 11 is 0. The van der Waals surface area contributed by atoms with Crippen LogP contribution >= 0.6 is 0 Å². The highest BCUT2D eigenvalue weighted by molar-refractivity contribution is 5.47. The summed E-state index contributed by atoms with van der Waals surface area (Å²) in [5.74, 6) is 0.767. The molecule has 0 saturated heterocycles. The topological polar surface area (TPSA) is 68.8 Å². The van der Waals surface area contributed by atoms with Crippen LogP contribution in [0.1, 0.15) is 11.4 Å². The van der Waals surface area contributed by atoms with E-state index in [4.69, 9.17) is 5.73 Å². The smallest absolute Gasteiger partial charge is 0.384 e. The normalized spacial score (nSPS) is 11.6. The summed E-state index contributed by atoms with van der Waals surface area (Å²) in [5.41, 5.74) is 4.56. The highest BCUT2D eigenvalue weighted by atomic mass is 19.4. The first-order valence-electron chi connectivity index (χ1n) is 5.91. The summed E-state index contributed by atoms with van der Waals surface area (Å²) in [5, 5.41) is 2.82. The molecule has 0 fully saturated rings. The van der Waals surface area contributed by atoms with Crippen LogP contribution in [-0.2, 0) is 19.6 Å². The maximum Gasteiger partial charge on any atom is 0.416 e. The van der Waals surface area contributed by atoms with Crippen LogP contribution < -0.4 is 11.1 Å². The van der Waals surface area contributed by atoms with E-state index in [2.05, 4.69) is 15.3 Å². The SMILES string of the molecule is Cn1ccnc1CCNc1cc(C(F)(F)F)cc(N)n1. The van der Waals surface area contributed by atoms with E-state index in [9.17, 15) is 13.2 Å². The third-order valence-electron chi connectivity index (χ3n) is 2.75. The van der Waals surface area contributed by atoms with Crippen LogP contribution in [0.3, 0.4) is 0 Å². The highest BCUT2D eigenvalue weighted by Crippen LogP contribution is 2.31. The van der Waals surface area contributed by atoms with Crippen LogP contribution in [-0.4, -0.2) is 21.1 Å². The Morgan fingerprint density at radius 2 is 2.10 bits per heavy atom. The van der Waals surface area contributed by atoms with Crippen molar-refractivity contribution in [3.8, 4) is 0 Å². The molecule has 0 atom stereocenters. The van der Waals surface area contributed by atoms with E-state index in [-0.39, 0.29) is 11.6 Å². The monoisotopic (exact) mass is 285 g/mol. The lowest BCUT2D eigenvalue weighted by molar-refractivity contribution is -0.137. The molecule has 8 heteroatoms. The molecule has 2 rings (SSSR count). The lowest BCUT2D eigenvalue weighted by Gasteiger charge is -2.11. The number of aryl methyl sites for hydroxylation is 1.